The molecule has 1 N–H and O–H groups in total. The van der Waals surface area contributed by atoms with Gasteiger partial charge in [-0.2, -0.15) is 0 Å². The molecule has 0 rings (SSSR count). The molecule has 0 amide bonds. The summed E-state index contributed by atoms with van der Waals surface area (Å²) in [5, 5.41) is 8.14. The van der Waals surface area contributed by atoms with E-state index in [2.05, 4.69) is 9.47 Å². The summed E-state index contributed by atoms with van der Waals surface area (Å²) in [6.07, 6.45) is 0. The van der Waals surface area contributed by atoms with E-state index < -0.39 is 31.1 Å². The number of carbonyl (C=O) groups excluding carboxylic acids is 2. The standard InChI is InChI=1S/C8H12O6/c1-5(2)8(12)14-4-7(11)13-3-6(9)10/h5H,3-4H2,1-2H3,(H,9,10). The lowest BCUT2D eigenvalue weighted by molar-refractivity contribution is -0.164. The zero-order chi connectivity index (χ0) is 11.1. The third-order valence-corrected chi connectivity index (χ3v) is 1.16. The first-order valence-corrected chi connectivity index (χ1v) is 3.97. The van der Waals surface area contributed by atoms with Crippen molar-refractivity contribution in [2.45, 2.75) is 13.8 Å². The molecule has 6 heteroatoms. The van der Waals surface area contributed by atoms with Crippen LogP contribution in [-0.2, 0) is 23.9 Å². The predicted molar refractivity (Wildman–Crippen MR) is 44.4 cm³/mol. The first-order valence-electron chi connectivity index (χ1n) is 3.97. The van der Waals surface area contributed by atoms with E-state index in [9.17, 15) is 14.4 Å². The smallest absolute Gasteiger partial charge is 0.344 e. The zero-order valence-corrected chi connectivity index (χ0v) is 7.98. The molecule has 0 aliphatic carbocycles. The SMILES string of the molecule is CC(C)C(=O)OCC(=O)OCC(=O)O. The van der Waals surface area contributed by atoms with Gasteiger partial charge in [0.1, 0.15) is 0 Å². The Labute approximate surface area is 80.8 Å². The molecular formula is C8H12O6. The van der Waals surface area contributed by atoms with Crippen LogP contribution in [0.3, 0.4) is 0 Å². The number of aliphatic carboxylic acids is 1. The number of carboxylic acid groups (broad SMARTS) is 1. The molecule has 0 saturated heterocycles. The molecule has 6 nitrogen and oxygen atoms in total. The Morgan fingerprint density at radius 2 is 1.71 bits per heavy atom. The average Bonchev–Trinajstić information content (AvgIpc) is 2.10. The normalized spacial score (nSPS) is 9.64. The monoisotopic (exact) mass is 204 g/mol. The minimum atomic E-state index is -1.26. The fourth-order valence-corrected chi connectivity index (χ4v) is 0.481. The summed E-state index contributed by atoms with van der Waals surface area (Å²) in [6, 6.07) is 0. The lowest BCUT2D eigenvalue weighted by atomic mass is 10.2. The summed E-state index contributed by atoms with van der Waals surface area (Å²) >= 11 is 0. The summed E-state index contributed by atoms with van der Waals surface area (Å²) in [5.74, 6) is -2.99. The maximum Gasteiger partial charge on any atom is 0.344 e. The lowest BCUT2D eigenvalue weighted by Gasteiger charge is -2.05. The minimum absolute atomic E-state index is 0.331. The van der Waals surface area contributed by atoms with Crippen molar-refractivity contribution < 1.29 is 29.0 Å². The second kappa shape index (κ2) is 5.95. The van der Waals surface area contributed by atoms with Crippen LogP contribution in [0.5, 0.6) is 0 Å². The zero-order valence-electron chi connectivity index (χ0n) is 7.98. The van der Waals surface area contributed by atoms with Crippen LogP contribution in [0.15, 0.2) is 0 Å². The molecule has 14 heavy (non-hydrogen) atoms. The third kappa shape index (κ3) is 5.99. The molecule has 0 aliphatic heterocycles. The van der Waals surface area contributed by atoms with Crippen molar-refractivity contribution in [3.8, 4) is 0 Å². The highest BCUT2D eigenvalue weighted by Crippen LogP contribution is 1.95. The Kier molecular flexibility index (Phi) is 5.28. The van der Waals surface area contributed by atoms with Gasteiger partial charge in [-0.25, -0.2) is 9.59 Å². The largest absolute Gasteiger partial charge is 0.479 e. The van der Waals surface area contributed by atoms with Gasteiger partial charge in [0.25, 0.3) is 0 Å². The first kappa shape index (κ1) is 12.4. The number of hydrogen-bond acceptors (Lipinski definition) is 5. The number of rotatable bonds is 5. The van der Waals surface area contributed by atoms with Crippen LogP contribution in [0.25, 0.3) is 0 Å². The van der Waals surface area contributed by atoms with Crippen LogP contribution in [0.1, 0.15) is 13.8 Å². The van der Waals surface area contributed by atoms with Gasteiger partial charge in [-0.1, -0.05) is 13.8 Å². The van der Waals surface area contributed by atoms with Gasteiger partial charge in [0, 0.05) is 0 Å². The maximum atomic E-state index is 10.8. The van der Waals surface area contributed by atoms with E-state index in [1.807, 2.05) is 0 Å². The molecule has 0 fully saturated rings. The minimum Gasteiger partial charge on any atom is -0.479 e. The van der Waals surface area contributed by atoms with Gasteiger partial charge in [-0.15, -0.1) is 0 Å². The molecule has 0 aromatic rings. The van der Waals surface area contributed by atoms with Crippen LogP contribution < -0.4 is 0 Å². The quantitative estimate of drug-likeness (QED) is 0.624. The second-order valence-electron chi connectivity index (χ2n) is 2.82. The Bertz CT molecular complexity index is 232. The molecule has 0 radical (unpaired) electrons. The molecule has 80 valence electrons. The van der Waals surface area contributed by atoms with E-state index in [0.717, 1.165) is 0 Å². The molecule has 0 unspecified atom stereocenters. The number of carbonyl (C=O) groups is 3. The van der Waals surface area contributed by atoms with Gasteiger partial charge in [0.05, 0.1) is 5.92 Å². The van der Waals surface area contributed by atoms with Crippen LogP contribution >= 0.6 is 0 Å². The van der Waals surface area contributed by atoms with Crippen LogP contribution in [-0.4, -0.2) is 36.2 Å². The summed E-state index contributed by atoms with van der Waals surface area (Å²) in [4.78, 5) is 31.5. The Balaban J connectivity index is 3.64. The highest BCUT2D eigenvalue weighted by Gasteiger charge is 2.12. The molecule has 0 aromatic heterocycles. The van der Waals surface area contributed by atoms with E-state index in [0.29, 0.717) is 0 Å². The molecule has 0 saturated carbocycles. The van der Waals surface area contributed by atoms with Crippen molar-refractivity contribution in [1.82, 2.24) is 0 Å². The molecular weight excluding hydrogens is 192 g/mol. The predicted octanol–water partition coefficient (Wildman–Crippen LogP) is -0.187. The van der Waals surface area contributed by atoms with E-state index in [1.165, 1.54) is 0 Å². The maximum absolute atomic E-state index is 10.8. The van der Waals surface area contributed by atoms with E-state index >= 15 is 0 Å². The van der Waals surface area contributed by atoms with E-state index in [1.54, 1.807) is 13.8 Å². The fraction of sp³-hybridized carbons (Fsp3) is 0.625. The van der Waals surface area contributed by atoms with Gasteiger partial charge >= 0.3 is 17.9 Å². The third-order valence-electron chi connectivity index (χ3n) is 1.16. The van der Waals surface area contributed by atoms with Crippen LogP contribution in [0.4, 0.5) is 0 Å². The Morgan fingerprint density at radius 3 is 2.14 bits per heavy atom. The topological polar surface area (TPSA) is 89.9 Å². The molecule has 0 bridgehead atoms. The molecule has 0 aromatic carbocycles. The van der Waals surface area contributed by atoms with Crippen molar-refractivity contribution in [2.24, 2.45) is 5.92 Å². The van der Waals surface area contributed by atoms with Gasteiger partial charge in [-0.3, -0.25) is 4.79 Å². The first-order chi connectivity index (χ1) is 6.43. The molecule has 0 heterocycles. The number of hydrogen-bond donors (Lipinski definition) is 1. The summed E-state index contributed by atoms with van der Waals surface area (Å²) < 4.78 is 8.71. The highest BCUT2D eigenvalue weighted by atomic mass is 16.6. The molecule has 0 atom stereocenters. The van der Waals surface area contributed by atoms with E-state index in [-0.39, 0.29) is 5.92 Å². The van der Waals surface area contributed by atoms with Crippen LogP contribution in [0.2, 0.25) is 0 Å². The summed E-state index contributed by atoms with van der Waals surface area (Å²) in [7, 11) is 0. The van der Waals surface area contributed by atoms with E-state index in [4.69, 9.17) is 5.11 Å². The van der Waals surface area contributed by atoms with Crippen molar-refractivity contribution in [3.05, 3.63) is 0 Å². The van der Waals surface area contributed by atoms with Gasteiger partial charge in [0.2, 0.25) is 0 Å². The van der Waals surface area contributed by atoms with Crippen LogP contribution in [0, 0.1) is 5.92 Å². The molecule has 0 aliphatic rings. The lowest BCUT2D eigenvalue weighted by Crippen LogP contribution is -2.21. The summed E-state index contributed by atoms with van der Waals surface area (Å²) in [5.41, 5.74) is 0. The Hall–Kier alpha value is -1.59. The van der Waals surface area contributed by atoms with Gasteiger partial charge in [-0.05, 0) is 0 Å². The van der Waals surface area contributed by atoms with Gasteiger partial charge in [0.15, 0.2) is 13.2 Å². The number of esters is 2. The molecule has 0 spiro atoms. The highest BCUT2D eigenvalue weighted by molar-refractivity contribution is 5.79. The van der Waals surface area contributed by atoms with Crippen molar-refractivity contribution in [1.29, 1.82) is 0 Å². The average molecular weight is 204 g/mol. The summed E-state index contributed by atoms with van der Waals surface area (Å²) in [6.45, 7) is 1.96. The number of carboxylic acids is 1. The van der Waals surface area contributed by atoms with Gasteiger partial charge < -0.3 is 14.6 Å². The second-order valence-corrected chi connectivity index (χ2v) is 2.82. The fourth-order valence-electron chi connectivity index (χ4n) is 0.481. The Morgan fingerprint density at radius 1 is 1.14 bits per heavy atom. The number of ether oxygens (including phenoxy) is 2. The van der Waals surface area contributed by atoms with Crippen molar-refractivity contribution >= 4 is 17.9 Å². The van der Waals surface area contributed by atoms with Crippen molar-refractivity contribution in [2.75, 3.05) is 13.2 Å². The van der Waals surface area contributed by atoms with Crippen molar-refractivity contribution in [3.63, 3.8) is 0 Å².